The summed E-state index contributed by atoms with van der Waals surface area (Å²) in [5.74, 6) is -1.50. The summed E-state index contributed by atoms with van der Waals surface area (Å²) in [7, 11) is -3.13. The molecule has 0 aliphatic carbocycles. The van der Waals surface area contributed by atoms with Crippen molar-refractivity contribution in [1.82, 2.24) is 14.5 Å². The van der Waals surface area contributed by atoms with Crippen LogP contribution in [0, 0.1) is 0 Å². The van der Waals surface area contributed by atoms with Crippen LogP contribution in [-0.4, -0.2) is 53.0 Å². The molecule has 10 nitrogen and oxygen atoms in total. The molecule has 3 N–H and O–H groups in total. The summed E-state index contributed by atoms with van der Waals surface area (Å²) in [5, 5.41) is 2.89. The van der Waals surface area contributed by atoms with Gasteiger partial charge in [0.15, 0.2) is 0 Å². The Morgan fingerprint density at radius 3 is 2.41 bits per heavy atom. The number of hydrogen-bond donors (Lipinski definition) is 2. The molecule has 2 aromatic carbocycles. The summed E-state index contributed by atoms with van der Waals surface area (Å²) in [5.41, 5.74) is 4.99. The van der Waals surface area contributed by atoms with Crippen molar-refractivity contribution < 1.29 is 31.5 Å². The standard InChI is InChI=1S/C24H26F2N4O6S/c1-14(20(27)31)29-19-12-15(21(32)28-24(2)8-10-37(34,35)11-9-24)6-7-18(19)30(23(29)33)16-4-3-5-17(13-16)36-22(25)26/h3-7,12-14,22H,8-11H2,1-2H3,(H2,27,31)(H,28,32)/t14-/m0/s1. The van der Waals surface area contributed by atoms with Crippen LogP contribution in [0.3, 0.4) is 0 Å². The first kappa shape index (κ1) is 26.3. The molecule has 1 aromatic heterocycles. The van der Waals surface area contributed by atoms with Gasteiger partial charge in [-0.15, -0.1) is 0 Å². The highest BCUT2D eigenvalue weighted by molar-refractivity contribution is 7.91. The topological polar surface area (TPSA) is 142 Å². The smallest absolute Gasteiger partial charge is 0.387 e. The number of nitrogens with one attached hydrogen (secondary N) is 1. The number of nitrogens with two attached hydrogens (primary N) is 1. The molecule has 0 bridgehead atoms. The van der Waals surface area contributed by atoms with Crippen LogP contribution < -0.4 is 21.5 Å². The van der Waals surface area contributed by atoms with Crippen LogP contribution in [-0.2, 0) is 14.6 Å². The molecule has 1 atom stereocenters. The number of sulfone groups is 1. The van der Waals surface area contributed by atoms with Crippen LogP contribution in [0.5, 0.6) is 5.75 Å². The maximum atomic E-state index is 13.4. The minimum atomic E-state index is -3.13. The maximum absolute atomic E-state index is 13.4. The second-order valence-corrected chi connectivity index (χ2v) is 11.6. The third-order valence-corrected chi connectivity index (χ3v) is 8.23. The van der Waals surface area contributed by atoms with Crippen LogP contribution in [0.15, 0.2) is 47.3 Å². The highest BCUT2D eigenvalue weighted by Crippen LogP contribution is 2.27. The van der Waals surface area contributed by atoms with Gasteiger partial charge in [-0.2, -0.15) is 8.78 Å². The molecule has 1 aliphatic heterocycles. The van der Waals surface area contributed by atoms with Gasteiger partial charge in [-0.1, -0.05) is 6.07 Å². The van der Waals surface area contributed by atoms with Gasteiger partial charge in [0.1, 0.15) is 21.6 Å². The van der Waals surface area contributed by atoms with Crippen molar-refractivity contribution in [1.29, 1.82) is 0 Å². The van der Waals surface area contributed by atoms with Crippen molar-refractivity contribution in [2.45, 2.75) is 44.9 Å². The summed E-state index contributed by atoms with van der Waals surface area (Å²) in [6.45, 7) is 0.143. The number of nitrogens with zero attached hydrogens (tertiary/aromatic N) is 2. The molecule has 0 saturated carbocycles. The van der Waals surface area contributed by atoms with E-state index in [-0.39, 0.29) is 46.9 Å². The van der Waals surface area contributed by atoms with E-state index in [0.717, 1.165) is 4.57 Å². The molecule has 4 rings (SSSR count). The molecule has 2 amide bonds. The van der Waals surface area contributed by atoms with E-state index in [1.165, 1.54) is 54.0 Å². The second kappa shape index (κ2) is 9.61. The zero-order valence-electron chi connectivity index (χ0n) is 20.1. The van der Waals surface area contributed by atoms with E-state index in [9.17, 15) is 31.6 Å². The Hall–Kier alpha value is -3.74. The van der Waals surface area contributed by atoms with Gasteiger partial charge in [0.05, 0.1) is 28.2 Å². The lowest BCUT2D eigenvalue weighted by Crippen LogP contribution is -2.50. The molecule has 3 aromatic rings. The number of rotatable bonds is 7. The summed E-state index contributed by atoms with van der Waals surface area (Å²) in [6.07, 6.45) is 0.528. The van der Waals surface area contributed by atoms with Crippen LogP contribution in [0.4, 0.5) is 8.78 Å². The third-order valence-electron chi connectivity index (χ3n) is 6.58. The maximum Gasteiger partial charge on any atom is 0.387 e. The lowest BCUT2D eigenvalue weighted by Gasteiger charge is -2.34. The largest absolute Gasteiger partial charge is 0.435 e. The number of ether oxygens (including phenoxy) is 1. The molecule has 1 fully saturated rings. The van der Waals surface area contributed by atoms with E-state index < -0.39 is 45.5 Å². The Kier molecular flexibility index (Phi) is 6.84. The van der Waals surface area contributed by atoms with Crippen molar-refractivity contribution in [2.75, 3.05) is 11.5 Å². The predicted molar refractivity (Wildman–Crippen MR) is 132 cm³/mol. The molecule has 37 heavy (non-hydrogen) atoms. The fraction of sp³-hybridized carbons (Fsp3) is 0.375. The van der Waals surface area contributed by atoms with Crippen molar-refractivity contribution in [3.05, 3.63) is 58.5 Å². The molecular weight excluding hydrogens is 510 g/mol. The monoisotopic (exact) mass is 536 g/mol. The zero-order valence-corrected chi connectivity index (χ0v) is 20.9. The minimum Gasteiger partial charge on any atom is -0.435 e. The molecule has 1 saturated heterocycles. The first-order valence-electron chi connectivity index (χ1n) is 11.4. The molecule has 198 valence electrons. The Labute approximate surface area is 210 Å². The van der Waals surface area contributed by atoms with Crippen molar-refractivity contribution in [3.8, 4) is 11.4 Å². The SMILES string of the molecule is C[C@@H](C(N)=O)n1c(=O)n(-c2cccc(OC(F)F)c2)c2ccc(C(=O)NC3(C)CCS(=O)(=O)CC3)cc21. The average Bonchev–Trinajstić information content (AvgIpc) is 3.11. The average molecular weight is 537 g/mol. The third kappa shape index (κ3) is 5.36. The van der Waals surface area contributed by atoms with Crippen LogP contribution in [0.25, 0.3) is 16.7 Å². The Morgan fingerprint density at radius 2 is 1.78 bits per heavy atom. The number of benzene rings is 2. The lowest BCUT2D eigenvalue weighted by molar-refractivity contribution is -0.120. The number of carbonyl (C=O) groups excluding carboxylic acids is 2. The van der Waals surface area contributed by atoms with Gasteiger partial charge >= 0.3 is 12.3 Å². The lowest BCUT2D eigenvalue weighted by atomic mass is 9.94. The van der Waals surface area contributed by atoms with E-state index in [1.807, 2.05) is 0 Å². The number of halogens is 2. The normalized spacial score (nSPS) is 17.4. The number of primary amides is 1. The van der Waals surface area contributed by atoms with Gasteiger partial charge in [0.2, 0.25) is 5.91 Å². The van der Waals surface area contributed by atoms with Gasteiger partial charge < -0.3 is 15.8 Å². The Balaban J connectivity index is 1.79. The molecule has 2 heterocycles. The molecule has 0 spiro atoms. The van der Waals surface area contributed by atoms with E-state index >= 15 is 0 Å². The number of hydrogen-bond acceptors (Lipinski definition) is 6. The molecule has 0 radical (unpaired) electrons. The summed E-state index contributed by atoms with van der Waals surface area (Å²) in [4.78, 5) is 38.6. The Morgan fingerprint density at radius 1 is 1.11 bits per heavy atom. The molecule has 0 unspecified atom stereocenters. The predicted octanol–water partition coefficient (Wildman–Crippen LogP) is 2.14. The van der Waals surface area contributed by atoms with E-state index in [4.69, 9.17) is 5.73 Å². The van der Waals surface area contributed by atoms with Crippen LogP contribution in [0.2, 0.25) is 0 Å². The van der Waals surface area contributed by atoms with E-state index in [2.05, 4.69) is 10.1 Å². The summed E-state index contributed by atoms with van der Waals surface area (Å²) >= 11 is 0. The highest BCUT2D eigenvalue weighted by atomic mass is 32.2. The van der Waals surface area contributed by atoms with E-state index in [1.54, 1.807) is 6.92 Å². The fourth-order valence-corrected chi connectivity index (χ4v) is 6.10. The van der Waals surface area contributed by atoms with Gasteiger partial charge in [-0.25, -0.2) is 13.2 Å². The highest BCUT2D eigenvalue weighted by Gasteiger charge is 2.35. The fourth-order valence-electron chi connectivity index (χ4n) is 4.37. The number of carbonyl (C=O) groups is 2. The van der Waals surface area contributed by atoms with Gasteiger partial charge in [0.25, 0.3) is 5.91 Å². The summed E-state index contributed by atoms with van der Waals surface area (Å²) in [6, 6.07) is 8.85. The summed E-state index contributed by atoms with van der Waals surface area (Å²) < 4.78 is 55.8. The molecular formula is C24H26F2N4O6S. The Bertz CT molecular complexity index is 1530. The number of alkyl halides is 2. The van der Waals surface area contributed by atoms with Gasteiger partial charge in [0, 0.05) is 17.2 Å². The first-order chi connectivity index (χ1) is 17.3. The van der Waals surface area contributed by atoms with Gasteiger partial charge in [-0.3, -0.25) is 18.7 Å². The number of imidazole rings is 1. The van der Waals surface area contributed by atoms with Gasteiger partial charge in [-0.05, 0) is 57.0 Å². The molecule has 13 heteroatoms. The van der Waals surface area contributed by atoms with Crippen molar-refractivity contribution >= 4 is 32.7 Å². The zero-order chi connectivity index (χ0) is 27.1. The second-order valence-electron chi connectivity index (χ2n) is 9.31. The molecule has 1 aliphatic rings. The van der Waals surface area contributed by atoms with Crippen LogP contribution >= 0.6 is 0 Å². The van der Waals surface area contributed by atoms with E-state index in [0.29, 0.717) is 5.52 Å². The number of amides is 2. The quantitative estimate of drug-likeness (QED) is 0.474. The number of aromatic nitrogens is 2. The van der Waals surface area contributed by atoms with Crippen LogP contribution in [0.1, 0.15) is 43.1 Å². The number of fused-ring (bicyclic) bond motifs is 1. The van der Waals surface area contributed by atoms with Crippen molar-refractivity contribution in [2.24, 2.45) is 5.73 Å². The van der Waals surface area contributed by atoms with Crippen molar-refractivity contribution in [3.63, 3.8) is 0 Å². The minimum absolute atomic E-state index is 0.0321. The first-order valence-corrected chi connectivity index (χ1v) is 13.3.